The van der Waals surface area contributed by atoms with E-state index in [4.69, 9.17) is 0 Å². The standard InChI is InChI=1S/C18H22N4O/c1-4-21(3)17-15-12-22(11-10-16(15)19-13(2)20-17)18(23)14-8-6-5-7-9-14/h5-9H,4,10-12H2,1-3H3. The van der Waals surface area contributed by atoms with Crippen molar-refractivity contribution in [2.75, 3.05) is 25.0 Å². The Bertz CT molecular complexity index is 714. The summed E-state index contributed by atoms with van der Waals surface area (Å²) in [4.78, 5) is 25.9. The van der Waals surface area contributed by atoms with Crippen LogP contribution in [0.15, 0.2) is 30.3 Å². The maximum atomic E-state index is 12.7. The maximum Gasteiger partial charge on any atom is 0.254 e. The van der Waals surface area contributed by atoms with Crippen LogP contribution in [0.25, 0.3) is 0 Å². The first-order valence-electron chi connectivity index (χ1n) is 8.02. The van der Waals surface area contributed by atoms with Gasteiger partial charge in [0.2, 0.25) is 0 Å². The highest BCUT2D eigenvalue weighted by molar-refractivity contribution is 5.94. The lowest BCUT2D eigenvalue weighted by molar-refractivity contribution is 0.0733. The van der Waals surface area contributed by atoms with E-state index in [1.165, 1.54) is 0 Å². The van der Waals surface area contributed by atoms with Crippen molar-refractivity contribution in [2.45, 2.75) is 26.8 Å². The highest BCUT2D eigenvalue weighted by Gasteiger charge is 2.26. The highest BCUT2D eigenvalue weighted by Crippen LogP contribution is 2.26. The number of aryl methyl sites for hydroxylation is 1. The van der Waals surface area contributed by atoms with E-state index in [9.17, 15) is 4.79 Å². The van der Waals surface area contributed by atoms with E-state index in [2.05, 4.69) is 21.8 Å². The van der Waals surface area contributed by atoms with Crippen LogP contribution in [0.5, 0.6) is 0 Å². The molecule has 0 aliphatic carbocycles. The van der Waals surface area contributed by atoms with E-state index in [1.807, 2.05) is 49.2 Å². The van der Waals surface area contributed by atoms with Crippen LogP contribution in [0, 0.1) is 6.92 Å². The molecule has 3 rings (SSSR count). The van der Waals surface area contributed by atoms with Gasteiger partial charge in [0, 0.05) is 37.7 Å². The van der Waals surface area contributed by atoms with Crippen molar-refractivity contribution in [1.29, 1.82) is 0 Å². The predicted molar refractivity (Wildman–Crippen MR) is 90.6 cm³/mol. The van der Waals surface area contributed by atoms with Gasteiger partial charge in [0.15, 0.2) is 0 Å². The van der Waals surface area contributed by atoms with Crippen LogP contribution in [-0.2, 0) is 13.0 Å². The van der Waals surface area contributed by atoms with Crippen LogP contribution >= 0.6 is 0 Å². The Labute approximate surface area is 137 Å². The van der Waals surface area contributed by atoms with Crippen LogP contribution < -0.4 is 4.90 Å². The maximum absolute atomic E-state index is 12.7. The Morgan fingerprint density at radius 3 is 2.70 bits per heavy atom. The minimum atomic E-state index is 0.0712. The largest absolute Gasteiger partial charge is 0.360 e. The number of hydrogen-bond acceptors (Lipinski definition) is 4. The Kier molecular flexibility index (Phi) is 4.28. The Morgan fingerprint density at radius 2 is 2.00 bits per heavy atom. The lowest BCUT2D eigenvalue weighted by Gasteiger charge is -2.31. The molecule has 0 saturated carbocycles. The number of carbonyl (C=O) groups excluding carboxylic acids is 1. The molecule has 1 amide bonds. The second-order valence-corrected chi connectivity index (χ2v) is 5.88. The summed E-state index contributed by atoms with van der Waals surface area (Å²) in [7, 11) is 2.03. The summed E-state index contributed by atoms with van der Waals surface area (Å²) in [6, 6.07) is 9.44. The number of anilines is 1. The molecule has 1 aromatic carbocycles. The third-order valence-corrected chi connectivity index (χ3v) is 4.29. The van der Waals surface area contributed by atoms with Gasteiger partial charge in [-0.25, -0.2) is 9.97 Å². The molecule has 1 aliphatic heterocycles. The van der Waals surface area contributed by atoms with Crippen molar-refractivity contribution in [3.8, 4) is 0 Å². The fraction of sp³-hybridized carbons (Fsp3) is 0.389. The zero-order valence-corrected chi connectivity index (χ0v) is 13.9. The van der Waals surface area contributed by atoms with Crippen molar-refractivity contribution >= 4 is 11.7 Å². The lowest BCUT2D eigenvalue weighted by atomic mass is 10.0. The molecular weight excluding hydrogens is 288 g/mol. The monoisotopic (exact) mass is 310 g/mol. The minimum absolute atomic E-state index is 0.0712. The summed E-state index contributed by atoms with van der Waals surface area (Å²) >= 11 is 0. The topological polar surface area (TPSA) is 49.3 Å². The Balaban J connectivity index is 1.92. The Hall–Kier alpha value is -2.43. The first-order chi connectivity index (χ1) is 11.1. The summed E-state index contributed by atoms with van der Waals surface area (Å²) in [5.41, 5.74) is 2.88. The molecule has 2 aromatic rings. The molecular formula is C18H22N4O. The van der Waals surface area contributed by atoms with Gasteiger partial charge in [-0.15, -0.1) is 0 Å². The molecule has 0 radical (unpaired) electrons. The molecule has 0 spiro atoms. The number of hydrogen-bond donors (Lipinski definition) is 0. The van der Waals surface area contributed by atoms with Crippen molar-refractivity contribution in [3.05, 3.63) is 53.0 Å². The summed E-state index contributed by atoms with van der Waals surface area (Å²) in [5, 5.41) is 0. The number of carbonyl (C=O) groups is 1. The number of nitrogens with zero attached hydrogens (tertiary/aromatic N) is 4. The third-order valence-electron chi connectivity index (χ3n) is 4.29. The SMILES string of the molecule is CCN(C)c1nc(C)nc2c1CN(C(=O)c1ccccc1)CC2. The normalized spacial score (nSPS) is 13.6. The van der Waals surface area contributed by atoms with E-state index in [-0.39, 0.29) is 5.91 Å². The summed E-state index contributed by atoms with van der Waals surface area (Å²) in [5.74, 6) is 1.81. The van der Waals surface area contributed by atoms with Crippen molar-refractivity contribution < 1.29 is 4.79 Å². The molecule has 0 unspecified atom stereocenters. The summed E-state index contributed by atoms with van der Waals surface area (Å²) in [6.07, 6.45) is 0.780. The van der Waals surface area contributed by atoms with Gasteiger partial charge in [-0.05, 0) is 26.0 Å². The lowest BCUT2D eigenvalue weighted by Crippen LogP contribution is -2.38. The van der Waals surface area contributed by atoms with E-state index in [0.29, 0.717) is 13.1 Å². The molecule has 0 atom stereocenters. The van der Waals surface area contributed by atoms with Gasteiger partial charge in [0.05, 0.1) is 12.2 Å². The number of amides is 1. The van der Waals surface area contributed by atoms with E-state index in [0.717, 1.165) is 41.4 Å². The molecule has 120 valence electrons. The highest BCUT2D eigenvalue weighted by atomic mass is 16.2. The molecule has 0 bridgehead atoms. The van der Waals surface area contributed by atoms with Crippen LogP contribution in [0.1, 0.15) is 34.4 Å². The zero-order valence-electron chi connectivity index (χ0n) is 13.9. The summed E-state index contributed by atoms with van der Waals surface area (Å²) in [6.45, 7) is 6.17. The van der Waals surface area contributed by atoms with E-state index >= 15 is 0 Å². The summed E-state index contributed by atoms with van der Waals surface area (Å²) < 4.78 is 0. The van der Waals surface area contributed by atoms with E-state index < -0.39 is 0 Å². The molecule has 5 nitrogen and oxygen atoms in total. The van der Waals surface area contributed by atoms with Gasteiger partial charge < -0.3 is 9.80 Å². The Morgan fingerprint density at radius 1 is 1.26 bits per heavy atom. The van der Waals surface area contributed by atoms with Crippen molar-refractivity contribution in [1.82, 2.24) is 14.9 Å². The van der Waals surface area contributed by atoms with Crippen LogP contribution in [0.2, 0.25) is 0 Å². The van der Waals surface area contributed by atoms with Gasteiger partial charge in [-0.3, -0.25) is 4.79 Å². The van der Waals surface area contributed by atoms with Gasteiger partial charge in [-0.2, -0.15) is 0 Å². The molecule has 0 fully saturated rings. The van der Waals surface area contributed by atoms with Gasteiger partial charge in [0.25, 0.3) is 5.91 Å². The van der Waals surface area contributed by atoms with Crippen molar-refractivity contribution in [3.63, 3.8) is 0 Å². The van der Waals surface area contributed by atoms with Crippen LogP contribution in [0.4, 0.5) is 5.82 Å². The molecule has 0 N–H and O–H groups in total. The predicted octanol–water partition coefficient (Wildman–Crippen LogP) is 2.44. The molecule has 1 aliphatic rings. The second-order valence-electron chi connectivity index (χ2n) is 5.88. The first kappa shape index (κ1) is 15.5. The first-order valence-corrected chi connectivity index (χ1v) is 8.02. The quantitative estimate of drug-likeness (QED) is 0.874. The fourth-order valence-electron chi connectivity index (χ4n) is 2.92. The molecule has 2 heterocycles. The average molecular weight is 310 g/mol. The van der Waals surface area contributed by atoms with Crippen LogP contribution in [0.3, 0.4) is 0 Å². The van der Waals surface area contributed by atoms with Crippen LogP contribution in [-0.4, -0.2) is 40.9 Å². The number of aromatic nitrogens is 2. The van der Waals surface area contributed by atoms with Gasteiger partial charge in [0.1, 0.15) is 11.6 Å². The van der Waals surface area contributed by atoms with Crippen molar-refractivity contribution in [2.24, 2.45) is 0 Å². The smallest absolute Gasteiger partial charge is 0.254 e. The molecule has 23 heavy (non-hydrogen) atoms. The van der Waals surface area contributed by atoms with E-state index in [1.54, 1.807) is 0 Å². The molecule has 0 saturated heterocycles. The number of benzene rings is 1. The van der Waals surface area contributed by atoms with Gasteiger partial charge >= 0.3 is 0 Å². The molecule has 1 aromatic heterocycles. The zero-order chi connectivity index (χ0) is 16.4. The van der Waals surface area contributed by atoms with Gasteiger partial charge in [-0.1, -0.05) is 18.2 Å². The fourth-order valence-corrected chi connectivity index (χ4v) is 2.92. The molecule has 5 heteroatoms. The number of fused-ring (bicyclic) bond motifs is 1. The number of rotatable bonds is 3. The second kappa shape index (κ2) is 6.36. The third kappa shape index (κ3) is 3.04. The average Bonchev–Trinajstić information content (AvgIpc) is 2.60. The minimum Gasteiger partial charge on any atom is -0.360 e.